The number of aryl methyl sites for hydroxylation is 2. The van der Waals surface area contributed by atoms with E-state index in [1.54, 1.807) is 18.2 Å². The van der Waals surface area contributed by atoms with Gasteiger partial charge in [0.25, 0.3) is 0 Å². The Bertz CT molecular complexity index is 707. The van der Waals surface area contributed by atoms with E-state index in [9.17, 15) is 4.79 Å². The van der Waals surface area contributed by atoms with Gasteiger partial charge in [0.15, 0.2) is 0 Å². The molecule has 0 fully saturated rings. The first-order valence-corrected chi connectivity index (χ1v) is 6.42. The van der Waals surface area contributed by atoms with Crippen molar-refractivity contribution in [2.45, 2.75) is 12.8 Å². The standard InChI is InChI=1S/C16H14N2O2/c17-15(18)12-7-8-14-11(9-12)6-5-10-3-1-2-4-13(10)16(19)20-14/h1-4,7-9H,5-6H2,(H3,17,18). The lowest BCUT2D eigenvalue weighted by Gasteiger charge is -2.17. The maximum atomic E-state index is 12.2. The Kier molecular flexibility index (Phi) is 2.99. The number of nitrogens with two attached hydrogens (primary N) is 1. The number of amidine groups is 1. The van der Waals surface area contributed by atoms with E-state index in [-0.39, 0.29) is 11.8 Å². The zero-order valence-electron chi connectivity index (χ0n) is 10.8. The van der Waals surface area contributed by atoms with Crippen LogP contribution in [0.5, 0.6) is 5.75 Å². The minimum Gasteiger partial charge on any atom is -0.423 e. The maximum absolute atomic E-state index is 12.2. The van der Waals surface area contributed by atoms with Gasteiger partial charge in [-0.25, -0.2) is 4.79 Å². The number of nitrogens with one attached hydrogen (secondary N) is 1. The molecule has 0 unspecified atom stereocenters. The SMILES string of the molecule is N=C(N)c1ccc2c(c1)CCc1ccccc1C(=O)O2. The molecule has 0 spiro atoms. The minimum absolute atomic E-state index is 0.0154. The fourth-order valence-corrected chi connectivity index (χ4v) is 2.40. The van der Waals surface area contributed by atoms with Crippen molar-refractivity contribution in [1.82, 2.24) is 0 Å². The summed E-state index contributed by atoms with van der Waals surface area (Å²) in [6, 6.07) is 12.7. The summed E-state index contributed by atoms with van der Waals surface area (Å²) in [5.74, 6) is 0.230. The van der Waals surface area contributed by atoms with Crippen LogP contribution in [0.15, 0.2) is 42.5 Å². The van der Waals surface area contributed by atoms with Gasteiger partial charge >= 0.3 is 5.97 Å². The van der Waals surface area contributed by atoms with Crippen molar-refractivity contribution in [3.05, 3.63) is 64.7 Å². The van der Waals surface area contributed by atoms with Crippen molar-refractivity contribution in [1.29, 1.82) is 5.41 Å². The van der Waals surface area contributed by atoms with Crippen LogP contribution in [-0.4, -0.2) is 11.8 Å². The van der Waals surface area contributed by atoms with Crippen LogP contribution < -0.4 is 10.5 Å². The van der Waals surface area contributed by atoms with Crippen LogP contribution in [0.2, 0.25) is 0 Å². The molecule has 0 bridgehead atoms. The van der Waals surface area contributed by atoms with Crippen LogP contribution in [-0.2, 0) is 12.8 Å². The largest absolute Gasteiger partial charge is 0.423 e. The number of benzene rings is 2. The summed E-state index contributed by atoms with van der Waals surface area (Å²) >= 11 is 0. The van der Waals surface area contributed by atoms with E-state index in [0.717, 1.165) is 24.0 Å². The van der Waals surface area contributed by atoms with Crippen molar-refractivity contribution >= 4 is 11.8 Å². The van der Waals surface area contributed by atoms with Gasteiger partial charge in [0, 0.05) is 5.56 Å². The maximum Gasteiger partial charge on any atom is 0.343 e. The van der Waals surface area contributed by atoms with Gasteiger partial charge in [-0.1, -0.05) is 18.2 Å². The molecule has 4 nitrogen and oxygen atoms in total. The van der Waals surface area contributed by atoms with E-state index in [0.29, 0.717) is 16.9 Å². The molecule has 3 N–H and O–H groups in total. The first-order valence-electron chi connectivity index (χ1n) is 6.42. The molecule has 1 aliphatic heterocycles. The van der Waals surface area contributed by atoms with Gasteiger partial charge < -0.3 is 10.5 Å². The fraction of sp³-hybridized carbons (Fsp3) is 0.125. The van der Waals surface area contributed by atoms with E-state index < -0.39 is 0 Å². The molecule has 1 aliphatic rings. The summed E-state index contributed by atoms with van der Waals surface area (Å²) in [6.07, 6.45) is 1.51. The van der Waals surface area contributed by atoms with E-state index >= 15 is 0 Å². The van der Waals surface area contributed by atoms with Gasteiger partial charge in [0.1, 0.15) is 11.6 Å². The van der Waals surface area contributed by atoms with Gasteiger partial charge in [-0.15, -0.1) is 0 Å². The first kappa shape index (κ1) is 12.4. The molecule has 0 aliphatic carbocycles. The normalized spacial score (nSPS) is 13.5. The number of carbonyl (C=O) groups is 1. The molecule has 0 atom stereocenters. The Balaban J connectivity index is 2.03. The Morgan fingerprint density at radius 1 is 1.10 bits per heavy atom. The van der Waals surface area contributed by atoms with Crippen LogP contribution in [0.25, 0.3) is 0 Å². The molecule has 0 aromatic heterocycles. The number of nitrogen functional groups attached to an aromatic ring is 1. The lowest BCUT2D eigenvalue weighted by Crippen LogP contribution is -2.17. The van der Waals surface area contributed by atoms with Crippen molar-refractivity contribution in [3.63, 3.8) is 0 Å². The molecule has 0 amide bonds. The van der Waals surface area contributed by atoms with Crippen molar-refractivity contribution in [3.8, 4) is 5.75 Å². The van der Waals surface area contributed by atoms with Gasteiger partial charge in [0.2, 0.25) is 0 Å². The summed E-state index contributed by atoms with van der Waals surface area (Å²) in [4.78, 5) is 12.2. The van der Waals surface area contributed by atoms with E-state index in [1.807, 2.05) is 24.3 Å². The topological polar surface area (TPSA) is 76.2 Å². The number of esters is 1. The predicted molar refractivity (Wildman–Crippen MR) is 76.3 cm³/mol. The summed E-state index contributed by atoms with van der Waals surface area (Å²) < 4.78 is 5.45. The highest BCUT2D eigenvalue weighted by atomic mass is 16.5. The molecule has 1 heterocycles. The summed E-state index contributed by atoms with van der Waals surface area (Å²) in [5.41, 5.74) is 8.65. The molecule has 2 aromatic carbocycles. The second kappa shape index (κ2) is 4.81. The lowest BCUT2D eigenvalue weighted by molar-refractivity contribution is 0.0730. The number of fused-ring (bicyclic) bond motifs is 2. The number of carbonyl (C=O) groups excluding carboxylic acids is 1. The Morgan fingerprint density at radius 2 is 1.85 bits per heavy atom. The zero-order valence-corrected chi connectivity index (χ0v) is 10.8. The third-order valence-corrected chi connectivity index (χ3v) is 3.48. The predicted octanol–water partition coefficient (Wildman–Crippen LogP) is 2.29. The second-order valence-electron chi connectivity index (χ2n) is 4.78. The summed E-state index contributed by atoms with van der Waals surface area (Å²) in [7, 11) is 0. The molecule has 100 valence electrons. The fourth-order valence-electron chi connectivity index (χ4n) is 2.40. The smallest absolute Gasteiger partial charge is 0.343 e. The molecule has 20 heavy (non-hydrogen) atoms. The van der Waals surface area contributed by atoms with Crippen LogP contribution in [0, 0.1) is 5.41 Å². The first-order chi connectivity index (χ1) is 9.65. The lowest BCUT2D eigenvalue weighted by atomic mass is 9.96. The van der Waals surface area contributed by atoms with Crippen molar-refractivity contribution in [2.24, 2.45) is 5.73 Å². The number of rotatable bonds is 1. The summed E-state index contributed by atoms with van der Waals surface area (Å²) in [6.45, 7) is 0. The molecule has 3 rings (SSSR count). The molecular formula is C16H14N2O2. The highest BCUT2D eigenvalue weighted by Crippen LogP contribution is 2.26. The summed E-state index contributed by atoms with van der Waals surface area (Å²) in [5, 5.41) is 7.48. The third kappa shape index (κ3) is 2.16. The van der Waals surface area contributed by atoms with Crippen molar-refractivity contribution < 1.29 is 9.53 Å². The Morgan fingerprint density at radius 3 is 2.65 bits per heavy atom. The quantitative estimate of drug-likeness (QED) is 0.360. The van der Waals surface area contributed by atoms with Crippen LogP contribution in [0.3, 0.4) is 0 Å². The second-order valence-corrected chi connectivity index (χ2v) is 4.78. The Labute approximate surface area is 116 Å². The van der Waals surface area contributed by atoms with E-state index in [2.05, 4.69) is 0 Å². The average molecular weight is 266 g/mol. The van der Waals surface area contributed by atoms with Gasteiger partial charge in [-0.05, 0) is 48.2 Å². The van der Waals surface area contributed by atoms with Crippen molar-refractivity contribution in [2.75, 3.05) is 0 Å². The molecular weight excluding hydrogens is 252 g/mol. The van der Waals surface area contributed by atoms with Gasteiger partial charge in [-0.3, -0.25) is 5.41 Å². The van der Waals surface area contributed by atoms with Crippen LogP contribution >= 0.6 is 0 Å². The number of hydrogen-bond donors (Lipinski definition) is 2. The van der Waals surface area contributed by atoms with Gasteiger partial charge in [-0.2, -0.15) is 0 Å². The van der Waals surface area contributed by atoms with E-state index in [1.165, 1.54) is 0 Å². The molecule has 2 aromatic rings. The number of hydrogen-bond acceptors (Lipinski definition) is 3. The minimum atomic E-state index is -0.336. The Hall–Kier alpha value is -2.62. The van der Waals surface area contributed by atoms with Crippen LogP contribution in [0.1, 0.15) is 27.0 Å². The zero-order chi connectivity index (χ0) is 14.1. The average Bonchev–Trinajstić information content (AvgIpc) is 2.44. The monoisotopic (exact) mass is 266 g/mol. The molecule has 0 radical (unpaired) electrons. The van der Waals surface area contributed by atoms with Crippen LogP contribution in [0.4, 0.5) is 0 Å². The highest BCUT2D eigenvalue weighted by Gasteiger charge is 2.19. The third-order valence-electron chi connectivity index (χ3n) is 3.48. The number of ether oxygens (including phenoxy) is 1. The molecule has 0 saturated carbocycles. The molecule has 0 saturated heterocycles. The molecule has 4 heteroatoms. The van der Waals surface area contributed by atoms with E-state index in [4.69, 9.17) is 15.9 Å². The van der Waals surface area contributed by atoms with Gasteiger partial charge in [0.05, 0.1) is 5.56 Å². The highest BCUT2D eigenvalue weighted by molar-refractivity contribution is 5.96.